The number of aliphatic hydroxyl groups excluding tert-OH is 3. The minimum Gasteiger partial charge on any atom is -0.480 e. The Morgan fingerprint density at radius 3 is 1.67 bits per heavy atom. The maximum Gasteiger partial charge on any atom is 0.407 e. The van der Waals surface area contributed by atoms with Crippen molar-refractivity contribution in [2.45, 2.75) is 244 Å². The quantitative estimate of drug-likeness (QED) is 0.00752. The predicted molar refractivity (Wildman–Crippen MR) is 461 cm³/mol. The summed E-state index contributed by atoms with van der Waals surface area (Å²) in [5, 5.41) is 53.1. The molecule has 1 aromatic heterocycles. The zero-order valence-corrected chi connectivity index (χ0v) is 77.4. The molecule has 1 aromatic rings. The molecule has 0 saturated carbocycles. The first-order chi connectivity index (χ1) is 56.5. The lowest BCUT2D eigenvalue weighted by molar-refractivity contribution is -0.270. The number of aliphatic carboxylic acids is 1. The molecule has 0 aliphatic carbocycles. The van der Waals surface area contributed by atoms with Crippen LogP contribution in [0.25, 0.3) is 4.85 Å². The van der Waals surface area contributed by atoms with Crippen LogP contribution < -0.4 is 21.3 Å². The molecule has 38 heteroatoms. The molecule has 2 heterocycles. The standard InChI is InChI=1S/C82H137N7O26S5/c1-18-21-37-109-72(102)80(12,57-82(30-19-2,67(96)97)119-74(116)117-20-3)55-78(10,68(98)110-42-36-89(15)16)53-76(8,69(99)111-47-43-104-17)52-77(9,70(100)112-48-46-107-41-35-87-73(103)115-75(5,6)7)54-79(11,71(101)113-49-50-118-120-62-27-23-25-33-86-62)56-81(13,83-14)31-28-60(92)85-34-40-106-45-44-105-39-29-61(93)84-32-24-22-26-38-108-66-63(88-58(4)91)65(95)64(94)59(51-90)114-66/h23,25,27,33,59,63-66,90,94-95H,18-22,24,26,28-32,34-57H2,1-13,15-17H3,(H,84,93)(H,85,92)(H,87,103)(H,88,91)(H,96,97)/t59-,63-,64+,65-,66-,76?,77?,78?,79?,80?,81?,82?/m1/s1. The summed E-state index contributed by atoms with van der Waals surface area (Å²) in [4.78, 5) is 152. The van der Waals surface area contributed by atoms with Crippen molar-refractivity contribution < 1.29 is 125 Å². The van der Waals surface area contributed by atoms with E-state index in [2.05, 4.69) is 31.1 Å². The second-order valence-electron chi connectivity index (χ2n) is 32.8. The number of pyridine rings is 1. The van der Waals surface area contributed by atoms with Crippen LogP contribution in [0.5, 0.6) is 0 Å². The van der Waals surface area contributed by atoms with E-state index in [0.29, 0.717) is 59.4 Å². The molecule has 8 N–H and O–H groups in total. The van der Waals surface area contributed by atoms with Gasteiger partial charge < -0.3 is 108 Å². The van der Waals surface area contributed by atoms with Crippen LogP contribution in [0.4, 0.5) is 4.79 Å². The number of nitrogens with one attached hydrogen (secondary N) is 4. The molecular weight excluding hydrogens is 1660 g/mol. The number of unbranched alkanes of at least 4 members (excludes halogenated alkanes) is 3. The molecule has 4 amide bonds. The molecule has 0 spiro atoms. The minimum absolute atomic E-state index is 0.0160. The summed E-state index contributed by atoms with van der Waals surface area (Å²) in [5.41, 5.74) is -12.1. The predicted octanol–water partition coefficient (Wildman–Crippen LogP) is 9.10. The monoisotopic (exact) mass is 1800 g/mol. The third kappa shape index (κ3) is 41.8. The van der Waals surface area contributed by atoms with Crippen LogP contribution in [0.1, 0.15) is 193 Å². The van der Waals surface area contributed by atoms with E-state index in [1.54, 1.807) is 65.9 Å². The van der Waals surface area contributed by atoms with Crippen molar-refractivity contribution in [2.75, 3.05) is 151 Å². The van der Waals surface area contributed by atoms with Crippen LogP contribution in [0, 0.1) is 33.6 Å². The van der Waals surface area contributed by atoms with Crippen molar-refractivity contribution in [3.63, 3.8) is 0 Å². The lowest BCUT2D eigenvalue weighted by Crippen LogP contribution is -2.64. The Balaban J connectivity index is 2.66. The van der Waals surface area contributed by atoms with Gasteiger partial charge in [0, 0.05) is 91.4 Å². The molecule has 12 atom stereocenters. The van der Waals surface area contributed by atoms with Gasteiger partial charge in [-0.1, -0.05) is 74.5 Å². The number of ether oxygens (including phenoxy) is 12. The highest BCUT2D eigenvalue weighted by Crippen LogP contribution is 2.56. The number of carboxylic acid groups (broad SMARTS) is 1. The van der Waals surface area contributed by atoms with Crippen molar-refractivity contribution in [2.24, 2.45) is 27.1 Å². The van der Waals surface area contributed by atoms with Crippen LogP contribution in [0.3, 0.4) is 0 Å². The number of nitrogens with zero attached hydrogens (tertiary/aromatic N) is 3. The van der Waals surface area contributed by atoms with Crippen LogP contribution in [-0.4, -0.2) is 291 Å². The molecule has 1 saturated heterocycles. The minimum atomic E-state index is -2.04. The van der Waals surface area contributed by atoms with Crippen molar-refractivity contribution in [3.8, 4) is 0 Å². The van der Waals surface area contributed by atoms with Gasteiger partial charge in [-0.25, -0.2) is 16.4 Å². The van der Waals surface area contributed by atoms with E-state index in [9.17, 15) is 44.4 Å². The molecule has 1 aliphatic heterocycles. The van der Waals surface area contributed by atoms with Crippen molar-refractivity contribution in [3.05, 3.63) is 35.8 Å². The van der Waals surface area contributed by atoms with Gasteiger partial charge in [0.2, 0.25) is 23.3 Å². The Hall–Kier alpha value is -5.77. The van der Waals surface area contributed by atoms with Crippen molar-refractivity contribution in [1.82, 2.24) is 31.2 Å². The summed E-state index contributed by atoms with van der Waals surface area (Å²) in [6.45, 7) is 29.2. The largest absolute Gasteiger partial charge is 0.480 e. The lowest BCUT2D eigenvalue weighted by Gasteiger charge is -2.46. The second-order valence-corrected chi connectivity index (χ2v) is 39.1. The number of methoxy groups -OCH3 is 1. The highest BCUT2D eigenvalue weighted by Gasteiger charge is 2.60. The van der Waals surface area contributed by atoms with E-state index in [-0.39, 0.29) is 143 Å². The molecular formula is C82H137N7O26S5. The number of hydrogen-bond donors (Lipinski definition) is 8. The fraction of sp³-hybridized carbons (Fsp3) is 0.793. The maximum absolute atomic E-state index is 15.8. The molecule has 7 unspecified atom stereocenters. The Bertz CT molecular complexity index is 3350. The fourth-order valence-corrected chi connectivity index (χ4v) is 19.2. The zero-order chi connectivity index (χ0) is 90.2. The molecule has 686 valence electrons. The zero-order valence-electron chi connectivity index (χ0n) is 73.3. The summed E-state index contributed by atoms with van der Waals surface area (Å²) >= 11 is 7.99. The van der Waals surface area contributed by atoms with Gasteiger partial charge in [-0.15, -0.1) is 11.8 Å². The molecule has 33 nitrogen and oxygen atoms in total. The number of esters is 5. The van der Waals surface area contributed by atoms with Gasteiger partial charge in [0.25, 0.3) is 0 Å². The summed E-state index contributed by atoms with van der Waals surface area (Å²) in [5.74, 6) is -6.10. The first-order valence-corrected chi connectivity index (χ1v) is 45.5. The van der Waals surface area contributed by atoms with E-state index in [4.69, 9.17) is 75.6 Å². The van der Waals surface area contributed by atoms with Crippen LogP contribution in [0.2, 0.25) is 0 Å². The van der Waals surface area contributed by atoms with Gasteiger partial charge in [0.1, 0.15) is 69.7 Å². The summed E-state index contributed by atoms with van der Waals surface area (Å²) in [7, 11) is 7.64. The van der Waals surface area contributed by atoms with Gasteiger partial charge in [-0.05, 0) is 162 Å². The second kappa shape index (κ2) is 57.0. The average molecular weight is 1800 g/mol. The van der Waals surface area contributed by atoms with Crippen molar-refractivity contribution in [1.29, 1.82) is 0 Å². The van der Waals surface area contributed by atoms with Gasteiger partial charge in [-0.3, -0.25) is 43.2 Å². The fourth-order valence-electron chi connectivity index (χ4n) is 14.2. The van der Waals surface area contributed by atoms with Gasteiger partial charge in [-0.2, -0.15) is 0 Å². The Morgan fingerprint density at radius 1 is 0.608 bits per heavy atom. The molecule has 2 rings (SSSR count). The van der Waals surface area contributed by atoms with E-state index >= 15 is 24.0 Å². The Morgan fingerprint density at radius 2 is 1.14 bits per heavy atom. The Labute approximate surface area is 731 Å². The third-order valence-corrected chi connectivity index (χ3v) is 24.5. The molecule has 0 bridgehead atoms. The molecule has 1 aliphatic rings. The van der Waals surface area contributed by atoms with Gasteiger partial charge >= 0.3 is 41.9 Å². The van der Waals surface area contributed by atoms with Crippen molar-refractivity contribution >= 4 is 120 Å². The summed E-state index contributed by atoms with van der Waals surface area (Å²) in [6.07, 6.45) is -3.96. The lowest BCUT2D eigenvalue weighted by atomic mass is 9.58. The number of likely N-dealkylation sites (N-methyl/N-ethyl adjacent to an activating group) is 1. The summed E-state index contributed by atoms with van der Waals surface area (Å²) in [6, 6.07) is 4.37. The SMILES string of the molecule is [C-]#[N+]C(C)(CCC(=O)NCCOCCOCCC(=O)NCCCCCO[C@@H]1O[C@H](CO)[C@H](O)[C@H](O)[C@H]1NC(C)=O)CC(C)(CC(C)(CC(C)(CC(C)(CC(C)(CC(CCC)(SC(=S)SCC)C(=O)O)C(=O)OCCCC)C(=O)OCCN(C)C)C(=O)OCCOC)C(=O)OCCOCCNC(=O)OC(C)(C)C)C(=O)OCCSSc1ccccn1. The number of carboxylic acids is 1. The highest BCUT2D eigenvalue weighted by molar-refractivity contribution is 8.76. The summed E-state index contributed by atoms with van der Waals surface area (Å²) < 4.78 is 68.2. The van der Waals surface area contributed by atoms with Crippen LogP contribution in [-0.2, 0) is 100.0 Å². The number of aromatic nitrogens is 1. The number of hydrogen-bond acceptors (Lipinski definition) is 32. The first kappa shape index (κ1) is 110. The number of carbonyl (C=O) groups excluding carboxylic acids is 9. The topological polar surface area (TPSA) is 431 Å². The van der Waals surface area contributed by atoms with Crippen LogP contribution >= 0.6 is 57.3 Å². The van der Waals surface area contributed by atoms with Gasteiger partial charge in [0.05, 0.1) is 86.5 Å². The van der Waals surface area contributed by atoms with E-state index in [0.717, 1.165) is 11.8 Å². The number of rotatable bonds is 63. The average Bonchev–Trinajstić information content (AvgIpc) is 0.752. The first-order valence-electron chi connectivity index (χ1n) is 41.0. The number of alkyl carbamates (subject to hydrolysis) is 1. The highest BCUT2D eigenvalue weighted by atomic mass is 33.1. The number of amides is 4. The molecule has 0 aromatic carbocycles. The molecule has 0 radical (unpaired) electrons. The Kier molecular flexibility index (Phi) is 52.4. The third-order valence-electron chi connectivity index (χ3n) is 19.4. The van der Waals surface area contributed by atoms with Gasteiger partial charge in [0.15, 0.2) is 6.29 Å². The number of aliphatic hydroxyl groups is 3. The maximum atomic E-state index is 15.8. The van der Waals surface area contributed by atoms with E-state index in [1.165, 1.54) is 82.0 Å². The molecule has 120 heavy (non-hydrogen) atoms. The normalized spacial score (nSPS) is 18.9. The number of thioether (sulfide) groups is 2. The number of thiocarbonyl (C=S) groups is 1. The van der Waals surface area contributed by atoms with E-state index in [1.807, 2.05) is 26.0 Å². The molecule has 1 fully saturated rings. The van der Waals surface area contributed by atoms with E-state index < -0.39 is 173 Å². The smallest absolute Gasteiger partial charge is 0.407 e. The van der Waals surface area contributed by atoms with Crippen LogP contribution in [0.15, 0.2) is 29.4 Å². The number of carbonyl (C=O) groups is 10.